The highest BCUT2D eigenvalue weighted by molar-refractivity contribution is 6.00. The Labute approximate surface area is 139 Å². The molecule has 2 fully saturated rings. The minimum Gasteiger partial charge on any atom is -0.395 e. The lowest BCUT2D eigenvalue weighted by molar-refractivity contribution is -0.152. The summed E-state index contributed by atoms with van der Waals surface area (Å²) in [5.41, 5.74) is 7.40. The summed E-state index contributed by atoms with van der Waals surface area (Å²) in [4.78, 5) is 5.30. The first kappa shape index (κ1) is 17.3. The van der Waals surface area contributed by atoms with Crippen LogP contribution < -0.4 is 5.73 Å². The van der Waals surface area contributed by atoms with Gasteiger partial charge in [-0.3, -0.25) is 4.68 Å². The number of aromatic nitrogens is 2. The van der Waals surface area contributed by atoms with Crippen LogP contribution in [0, 0.1) is 17.8 Å². The van der Waals surface area contributed by atoms with Gasteiger partial charge in [0.25, 0.3) is 0 Å². The van der Waals surface area contributed by atoms with E-state index in [4.69, 9.17) is 10.6 Å². The van der Waals surface area contributed by atoms with Crippen molar-refractivity contribution in [2.75, 3.05) is 6.61 Å². The lowest BCUT2D eigenvalue weighted by Crippen LogP contribution is -2.30. The van der Waals surface area contributed by atoms with E-state index in [1.807, 2.05) is 19.3 Å². The van der Waals surface area contributed by atoms with E-state index >= 15 is 0 Å². The Morgan fingerprint density at radius 3 is 2.62 bits per heavy atom. The van der Waals surface area contributed by atoms with Crippen LogP contribution in [-0.4, -0.2) is 34.3 Å². The summed E-state index contributed by atoms with van der Waals surface area (Å²) in [5.74, 6) is -1.52. The van der Waals surface area contributed by atoms with Crippen LogP contribution in [0.2, 0.25) is 0 Å². The first-order valence-corrected chi connectivity index (χ1v) is 8.36. The molecule has 0 radical (unpaired) electrons. The molecule has 0 aliphatic heterocycles. The third-order valence-electron chi connectivity index (χ3n) is 4.93. The molecule has 1 heterocycles. The first-order valence-electron chi connectivity index (χ1n) is 8.36. The number of hydrogen-bond donors (Lipinski definition) is 1. The first-order chi connectivity index (χ1) is 11.3. The van der Waals surface area contributed by atoms with Crippen molar-refractivity contribution in [3.8, 4) is 0 Å². The van der Waals surface area contributed by atoms with Crippen molar-refractivity contribution in [2.45, 2.75) is 44.3 Å². The van der Waals surface area contributed by atoms with Gasteiger partial charge < -0.3 is 10.6 Å². The smallest absolute Gasteiger partial charge is 0.392 e. The molecule has 2 saturated carbocycles. The molecule has 0 bridgehead atoms. The van der Waals surface area contributed by atoms with E-state index in [1.165, 1.54) is 0 Å². The highest BCUT2D eigenvalue weighted by Gasteiger charge is 2.56. The predicted molar refractivity (Wildman–Crippen MR) is 83.3 cm³/mol. The summed E-state index contributed by atoms with van der Waals surface area (Å²) >= 11 is 0. The molecule has 1 aromatic heterocycles. The fourth-order valence-electron chi connectivity index (χ4n) is 3.31. The average Bonchev–Trinajstić information content (AvgIpc) is 3.19. The molecule has 1 aromatic rings. The van der Waals surface area contributed by atoms with Crippen LogP contribution in [0.4, 0.5) is 13.2 Å². The number of halogens is 3. The van der Waals surface area contributed by atoms with Crippen molar-refractivity contribution in [3.63, 3.8) is 0 Å². The molecule has 2 aliphatic rings. The summed E-state index contributed by atoms with van der Waals surface area (Å²) in [6.45, 7) is 0.00669. The van der Waals surface area contributed by atoms with Crippen molar-refractivity contribution in [1.29, 1.82) is 0 Å². The van der Waals surface area contributed by atoms with Crippen molar-refractivity contribution >= 4 is 5.71 Å². The molecule has 0 aromatic carbocycles. The molecule has 24 heavy (non-hydrogen) atoms. The van der Waals surface area contributed by atoms with Crippen molar-refractivity contribution in [2.24, 2.45) is 35.7 Å². The molecule has 2 atom stereocenters. The Morgan fingerprint density at radius 2 is 2.08 bits per heavy atom. The van der Waals surface area contributed by atoms with Gasteiger partial charge in [-0.1, -0.05) is 5.16 Å². The molecular formula is C16H23F3N4O. The Bertz CT molecular complexity index is 590. The molecular weight excluding hydrogens is 321 g/mol. The molecule has 2 unspecified atom stereocenters. The third kappa shape index (κ3) is 4.09. The fraction of sp³-hybridized carbons (Fsp3) is 0.750. The number of alkyl halides is 3. The van der Waals surface area contributed by atoms with Crippen molar-refractivity contribution in [3.05, 3.63) is 18.0 Å². The van der Waals surface area contributed by atoms with Crippen LogP contribution in [0.25, 0.3) is 0 Å². The number of oxime groups is 1. The normalized spacial score (nSPS) is 31.1. The molecule has 0 saturated heterocycles. The second kappa shape index (κ2) is 6.74. The van der Waals surface area contributed by atoms with Gasteiger partial charge in [0, 0.05) is 31.1 Å². The summed E-state index contributed by atoms with van der Waals surface area (Å²) < 4.78 is 39.3. The van der Waals surface area contributed by atoms with Crippen LogP contribution in [0.15, 0.2) is 17.4 Å². The molecule has 134 valence electrons. The van der Waals surface area contributed by atoms with E-state index in [2.05, 4.69) is 10.3 Å². The number of nitrogens with zero attached hydrogens (tertiary/aromatic N) is 3. The summed E-state index contributed by atoms with van der Waals surface area (Å²) in [7, 11) is 1.82. The molecule has 8 heteroatoms. The van der Waals surface area contributed by atoms with E-state index < -0.39 is 18.0 Å². The van der Waals surface area contributed by atoms with Crippen LogP contribution in [0.5, 0.6) is 0 Å². The van der Waals surface area contributed by atoms with Gasteiger partial charge in [-0.05, 0) is 38.2 Å². The monoisotopic (exact) mass is 344 g/mol. The highest BCUT2D eigenvalue weighted by atomic mass is 19.4. The molecule has 3 rings (SSSR count). The lowest BCUT2D eigenvalue weighted by atomic mass is 9.82. The van der Waals surface area contributed by atoms with Gasteiger partial charge in [0.05, 0.1) is 5.92 Å². The van der Waals surface area contributed by atoms with Crippen LogP contribution in [-0.2, 0) is 11.9 Å². The summed E-state index contributed by atoms with van der Waals surface area (Å²) in [6, 6.07) is 2.07. The van der Waals surface area contributed by atoms with Gasteiger partial charge in [0.15, 0.2) is 0 Å². The molecule has 0 spiro atoms. The SMILES string of the molecule is Cn1ccc(/C(=N\OCC2CC2C(F)(F)F)[C@H]2CC[C@H](N)CC2)n1. The predicted octanol–water partition coefficient (Wildman–Crippen LogP) is 2.86. The number of hydrogen-bond acceptors (Lipinski definition) is 4. The summed E-state index contributed by atoms with van der Waals surface area (Å²) in [5, 5.41) is 8.55. The zero-order chi connectivity index (χ0) is 17.3. The maximum Gasteiger partial charge on any atom is 0.392 e. The van der Waals surface area contributed by atoms with Gasteiger partial charge in [-0.2, -0.15) is 18.3 Å². The minimum atomic E-state index is -4.12. The lowest BCUT2D eigenvalue weighted by Gasteiger charge is -2.26. The third-order valence-corrected chi connectivity index (χ3v) is 4.93. The highest BCUT2D eigenvalue weighted by Crippen LogP contribution is 2.50. The molecule has 2 N–H and O–H groups in total. The second-order valence-corrected chi connectivity index (χ2v) is 6.90. The standard InChI is InChI=1S/C16H23F3N4O/c1-23-7-6-14(21-23)15(10-2-4-12(20)5-3-10)22-24-9-11-8-13(11)16(17,18)19/h6-7,10-13H,2-5,8-9,20H2,1H3/b22-15-/t10-,11?,12-,13?. The van der Waals surface area contributed by atoms with E-state index in [1.54, 1.807) is 4.68 Å². The van der Waals surface area contributed by atoms with E-state index in [0.29, 0.717) is 0 Å². The quantitative estimate of drug-likeness (QED) is 0.660. The Morgan fingerprint density at radius 1 is 1.38 bits per heavy atom. The average molecular weight is 344 g/mol. The van der Waals surface area contributed by atoms with Crippen LogP contribution in [0.1, 0.15) is 37.8 Å². The molecule has 0 amide bonds. The number of aryl methyl sites for hydroxylation is 1. The van der Waals surface area contributed by atoms with Crippen LogP contribution in [0.3, 0.4) is 0 Å². The fourth-order valence-corrected chi connectivity index (χ4v) is 3.31. The number of nitrogens with two attached hydrogens (primary N) is 1. The minimum absolute atomic E-state index is 0.00669. The van der Waals surface area contributed by atoms with Crippen molar-refractivity contribution in [1.82, 2.24) is 9.78 Å². The van der Waals surface area contributed by atoms with Gasteiger partial charge in [-0.15, -0.1) is 0 Å². The summed E-state index contributed by atoms with van der Waals surface area (Å²) in [6.07, 6.45) is 1.45. The van der Waals surface area contributed by atoms with Gasteiger partial charge >= 0.3 is 6.18 Å². The molecule has 2 aliphatic carbocycles. The zero-order valence-electron chi connectivity index (χ0n) is 13.7. The molecule has 5 nitrogen and oxygen atoms in total. The Hall–Kier alpha value is -1.57. The van der Waals surface area contributed by atoms with Gasteiger partial charge in [-0.25, -0.2) is 0 Å². The van der Waals surface area contributed by atoms with E-state index in [0.717, 1.165) is 37.1 Å². The maximum atomic E-state index is 12.6. The second-order valence-electron chi connectivity index (χ2n) is 6.90. The van der Waals surface area contributed by atoms with E-state index in [-0.39, 0.29) is 25.0 Å². The topological polar surface area (TPSA) is 65.4 Å². The van der Waals surface area contributed by atoms with Gasteiger partial charge in [0.2, 0.25) is 0 Å². The van der Waals surface area contributed by atoms with E-state index in [9.17, 15) is 13.2 Å². The van der Waals surface area contributed by atoms with Gasteiger partial charge in [0.1, 0.15) is 18.0 Å². The van der Waals surface area contributed by atoms with Crippen LogP contribution >= 0.6 is 0 Å². The number of rotatable bonds is 5. The Balaban J connectivity index is 1.64. The Kier molecular flexibility index (Phi) is 4.85. The zero-order valence-corrected chi connectivity index (χ0v) is 13.7. The largest absolute Gasteiger partial charge is 0.395 e. The maximum absolute atomic E-state index is 12.6. The van der Waals surface area contributed by atoms with Crippen molar-refractivity contribution < 1.29 is 18.0 Å².